The molecule has 1 N–H and O–H groups in total. The number of nitrogens with zero attached hydrogens (tertiary/aromatic N) is 2. The number of urea groups is 1. The maximum Gasteiger partial charge on any atom is 0.329 e. The molecule has 0 aromatic rings. The molecule has 114 valence electrons. The molecule has 0 saturated carbocycles. The number of amides is 2. The number of rotatable bonds is 2. The number of piperidine rings is 1. The van der Waals surface area contributed by atoms with Crippen LogP contribution >= 0.6 is 0 Å². The van der Waals surface area contributed by atoms with Gasteiger partial charge in [0.25, 0.3) is 0 Å². The largest absolute Gasteiger partial charge is 0.479 e. The van der Waals surface area contributed by atoms with Crippen molar-refractivity contribution in [2.45, 2.75) is 58.4 Å². The van der Waals surface area contributed by atoms with Crippen LogP contribution in [-0.2, 0) is 4.79 Å². The molecule has 0 aliphatic carbocycles. The smallest absolute Gasteiger partial charge is 0.329 e. The fourth-order valence-electron chi connectivity index (χ4n) is 3.66. The van der Waals surface area contributed by atoms with Gasteiger partial charge in [0, 0.05) is 19.6 Å². The molecule has 0 bridgehead atoms. The van der Waals surface area contributed by atoms with Crippen LogP contribution in [0.5, 0.6) is 0 Å². The van der Waals surface area contributed by atoms with Crippen molar-refractivity contribution >= 4 is 12.0 Å². The van der Waals surface area contributed by atoms with Crippen LogP contribution in [0, 0.1) is 5.41 Å². The highest BCUT2D eigenvalue weighted by Crippen LogP contribution is 2.35. The van der Waals surface area contributed by atoms with E-state index in [0.29, 0.717) is 19.4 Å². The highest BCUT2D eigenvalue weighted by molar-refractivity contribution is 5.87. The average Bonchev–Trinajstić information content (AvgIpc) is 2.81. The summed E-state index contributed by atoms with van der Waals surface area (Å²) in [6, 6.07) is -0.0838. The summed E-state index contributed by atoms with van der Waals surface area (Å²) < 4.78 is 0. The number of carbonyl (C=O) groups excluding carboxylic acids is 1. The zero-order valence-electron chi connectivity index (χ0n) is 12.8. The van der Waals surface area contributed by atoms with Gasteiger partial charge in [0.05, 0.1) is 0 Å². The highest BCUT2D eigenvalue weighted by Gasteiger charge is 2.50. The Bertz CT molecular complexity index is 408. The second-order valence-corrected chi connectivity index (χ2v) is 6.92. The van der Waals surface area contributed by atoms with Gasteiger partial charge >= 0.3 is 12.0 Å². The SMILES string of the molecule is CCC1(C(=O)O)CCCN1C(=O)N1CCCC(C)(C)C1. The molecule has 2 aliphatic rings. The topological polar surface area (TPSA) is 60.9 Å². The molecule has 2 heterocycles. The normalized spacial score (nSPS) is 29.6. The Balaban J connectivity index is 2.17. The Morgan fingerprint density at radius 3 is 2.35 bits per heavy atom. The predicted molar refractivity (Wildman–Crippen MR) is 76.6 cm³/mol. The first-order valence-corrected chi connectivity index (χ1v) is 7.62. The van der Waals surface area contributed by atoms with E-state index in [1.165, 1.54) is 0 Å². The van der Waals surface area contributed by atoms with Gasteiger partial charge in [0.1, 0.15) is 5.54 Å². The van der Waals surface area contributed by atoms with Crippen LogP contribution in [-0.4, -0.2) is 52.1 Å². The van der Waals surface area contributed by atoms with E-state index in [0.717, 1.165) is 32.4 Å². The van der Waals surface area contributed by atoms with Crippen molar-refractivity contribution in [1.82, 2.24) is 9.80 Å². The van der Waals surface area contributed by atoms with Crippen molar-refractivity contribution in [1.29, 1.82) is 0 Å². The summed E-state index contributed by atoms with van der Waals surface area (Å²) >= 11 is 0. The van der Waals surface area contributed by atoms with Crippen LogP contribution in [0.3, 0.4) is 0 Å². The summed E-state index contributed by atoms with van der Waals surface area (Å²) in [4.78, 5) is 27.9. The van der Waals surface area contributed by atoms with E-state index in [9.17, 15) is 14.7 Å². The first-order valence-electron chi connectivity index (χ1n) is 7.62. The van der Waals surface area contributed by atoms with Crippen molar-refractivity contribution in [3.63, 3.8) is 0 Å². The van der Waals surface area contributed by atoms with Crippen molar-refractivity contribution in [2.24, 2.45) is 5.41 Å². The molecule has 0 spiro atoms. The van der Waals surface area contributed by atoms with Gasteiger partial charge < -0.3 is 14.9 Å². The average molecular weight is 282 g/mol. The van der Waals surface area contributed by atoms with Crippen molar-refractivity contribution in [3.8, 4) is 0 Å². The summed E-state index contributed by atoms with van der Waals surface area (Å²) in [5.74, 6) is -0.859. The molecular formula is C15H26N2O3. The molecule has 2 aliphatic heterocycles. The molecule has 2 fully saturated rings. The third kappa shape index (κ3) is 2.50. The molecule has 2 amide bonds. The number of likely N-dealkylation sites (tertiary alicyclic amines) is 2. The summed E-state index contributed by atoms with van der Waals surface area (Å²) in [5.41, 5.74) is -0.857. The fourth-order valence-corrected chi connectivity index (χ4v) is 3.66. The molecular weight excluding hydrogens is 256 g/mol. The molecule has 2 rings (SSSR count). The molecule has 1 unspecified atom stereocenters. The molecule has 0 aromatic carbocycles. The van der Waals surface area contributed by atoms with E-state index < -0.39 is 11.5 Å². The number of hydrogen-bond donors (Lipinski definition) is 1. The van der Waals surface area contributed by atoms with Gasteiger partial charge in [0.2, 0.25) is 0 Å². The second kappa shape index (κ2) is 5.26. The minimum Gasteiger partial charge on any atom is -0.479 e. The van der Waals surface area contributed by atoms with Crippen LogP contribution in [0.2, 0.25) is 0 Å². The predicted octanol–water partition coefficient (Wildman–Crippen LogP) is 2.56. The van der Waals surface area contributed by atoms with Crippen LogP contribution in [0.25, 0.3) is 0 Å². The molecule has 20 heavy (non-hydrogen) atoms. The van der Waals surface area contributed by atoms with Crippen LogP contribution in [0.4, 0.5) is 4.79 Å². The maximum absolute atomic E-state index is 12.8. The summed E-state index contributed by atoms with van der Waals surface area (Å²) in [7, 11) is 0. The van der Waals surface area contributed by atoms with Crippen molar-refractivity contribution in [2.75, 3.05) is 19.6 Å². The minimum atomic E-state index is -0.987. The Kier molecular flexibility index (Phi) is 3.98. The number of carboxylic acid groups (broad SMARTS) is 1. The third-order valence-corrected chi connectivity index (χ3v) is 4.87. The van der Waals surface area contributed by atoms with Crippen LogP contribution < -0.4 is 0 Å². The minimum absolute atomic E-state index is 0.0838. The van der Waals surface area contributed by atoms with Gasteiger partial charge in [-0.15, -0.1) is 0 Å². The monoisotopic (exact) mass is 282 g/mol. The summed E-state index contributed by atoms with van der Waals surface area (Å²) in [6.45, 7) is 8.23. The van der Waals surface area contributed by atoms with E-state index in [1.807, 2.05) is 11.8 Å². The Morgan fingerprint density at radius 2 is 1.80 bits per heavy atom. The quantitative estimate of drug-likeness (QED) is 0.846. The molecule has 5 heteroatoms. The lowest BCUT2D eigenvalue weighted by atomic mass is 9.84. The Hall–Kier alpha value is -1.26. The molecule has 2 saturated heterocycles. The van der Waals surface area contributed by atoms with Crippen LogP contribution in [0.1, 0.15) is 52.9 Å². The maximum atomic E-state index is 12.8. The van der Waals surface area contributed by atoms with Gasteiger partial charge in [-0.3, -0.25) is 0 Å². The van der Waals surface area contributed by atoms with Gasteiger partial charge in [-0.05, 0) is 37.5 Å². The molecule has 0 radical (unpaired) electrons. The lowest BCUT2D eigenvalue weighted by Crippen LogP contribution is -2.58. The van der Waals surface area contributed by atoms with E-state index in [4.69, 9.17) is 0 Å². The first kappa shape index (κ1) is 15.1. The summed E-state index contributed by atoms with van der Waals surface area (Å²) in [6.07, 6.45) is 3.95. The Morgan fingerprint density at radius 1 is 1.15 bits per heavy atom. The van der Waals surface area contributed by atoms with Gasteiger partial charge in [-0.25, -0.2) is 9.59 Å². The number of hydrogen-bond acceptors (Lipinski definition) is 2. The number of carbonyl (C=O) groups is 2. The number of aliphatic carboxylic acids is 1. The standard InChI is InChI=1S/C15H26N2O3/c1-4-15(12(18)19)8-6-10-17(15)13(20)16-9-5-7-14(2,3)11-16/h4-11H2,1-3H3,(H,18,19). The van der Waals surface area contributed by atoms with E-state index in [1.54, 1.807) is 4.90 Å². The van der Waals surface area contributed by atoms with E-state index in [-0.39, 0.29) is 11.4 Å². The zero-order valence-corrected chi connectivity index (χ0v) is 12.8. The van der Waals surface area contributed by atoms with Gasteiger partial charge in [0.15, 0.2) is 0 Å². The van der Waals surface area contributed by atoms with E-state index >= 15 is 0 Å². The lowest BCUT2D eigenvalue weighted by molar-refractivity contribution is -0.148. The molecule has 1 atom stereocenters. The molecule has 0 aromatic heterocycles. The van der Waals surface area contributed by atoms with E-state index in [2.05, 4.69) is 13.8 Å². The summed E-state index contributed by atoms with van der Waals surface area (Å²) in [5, 5.41) is 9.57. The fraction of sp³-hybridized carbons (Fsp3) is 0.867. The van der Waals surface area contributed by atoms with Crippen molar-refractivity contribution in [3.05, 3.63) is 0 Å². The van der Waals surface area contributed by atoms with Crippen LogP contribution in [0.15, 0.2) is 0 Å². The van der Waals surface area contributed by atoms with Gasteiger partial charge in [-0.1, -0.05) is 20.8 Å². The second-order valence-electron chi connectivity index (χ2n) is 6.92. The van der Waals surface area contributed by atoms with Gasteiger partial charge in [-0.2, -0.15) is 0 Å². The van der Waals surface area contributed by atoms with Crippen molar-refractivity contribution < 1.29 is 14.7 Å². The highest BCUT2D eigenvalue weighted by atomic mass is 16.4. The zero-order chi connectivity index (χ0) is 15.0. The third-order valence-electron chi connectivity index (χ3n) is 4.87. The molecule has 5 nitrogen and oxygen atoms in total. The Labute approximate surface area is 120 Å². The first-order chi connectivity index (χ1) is 9.32. The number of carboxylic acids is 1. The lowest BCUT2D eigenvalue weighted by Gasteiger charge is -2.43.